The summed E-state index contributed by atoms with van der Waals surface area (Å²) in [4.78, 5) is 18.3. The van der Waals surface area contributed by atoms with Gasteiger partial charge in [-0.25, -0.2) is 13.4 Å². The van der Waals surface area contributed by atoms with Gasteiger partial charge in [0.05, 0.1) is 23.7 Å². The van der Waals surface area contributed by atoms with Crippen molar-refractivity contribution in [3.8, 4) is 0 Å². The zero-order valence-corrected chi connectivity index (χ0v) is 18.8. The molecule has 2 aromatic rings. The average molecular weight is 501 g/mol. The van der Waals surface area contributed by atoms with Crippen molar-refractivity contribution < 1.29 is 31.2 Å². The largest absolute Gasteiger partial charge is 0.416 e. The molecule has 0 unspecified atom stereocenters. The highest BCUT2D eigenvalue weighted by Gasteiger charge is 2.35. The molecule has 0 amide bonds. The van der Waals surface area contributed by atoms with Crippen molar-refractivity contribution >= 4 is 27.2 Å². The summed E-state index contributed by atoms with van der Waals surface area (Å²) < 4.78 is 71.5. The van der Waals surface area contributed by atoms with E-state index in [1.165, 1.54) is 21.5 Å². The maximum Gasteiger partial charge on any atom is 0.416 e. The van der Waals surface area contributed by atoms with E-state index in [-0.39, 0.29) is 36.8 Å². The van der Waals surface area contributed by atoms with Gasteiger partial charge in [0.2, 0.25) is 10.0 Å². The number of aromatic nitrogens is 1. The Labute approximate surface area is 193 Å². The van der Waals surface area contributed by atoms with Gasteiger partial charge in [0.1, 0.15) is 16.4 Å². The quantitative estimate of drug-likeness (QED) is 0.454. The molecule has 184 valence electrons. The van der Waals surface area contributed by atoms with Crippen LogP contribution in [0, 0.1) is 10.1 Å². The van der Waals surface area contributed by atoms with Crippen LogP contribution in [-0.2, 0) is 20.9 Å². The normalized spacial score (nSPS) is 18.2. The summed E-state index contributed by atoms with van der Waals surface area (Å²) in [7, 11) is -3.85. The molecule has 10 nitrogen and oxygen atoms in total. The van der Waals surface area contributed by atoms with Crippen LogP contribution in [0.1, 0.15) is 5.56 Å². The SMILES string of the molecule is O=[N+]([O-])c1cc(C(F)(F)F)ccc1N1CCN(S(=O)(=O)c2ccc(N3CCOCC3)nc2)CC1. The topological polar surface area (TPSA) is 109 Å². The highest BCUT2D eigenvalue weighted by Crippen LogP contribution is 2.37. The summed E-state index contributed by atoms with van der Waals surface area (Å²) in [6, 6.07) is 5.47. The summed E-state index contributed by atoms with van der Waals surface area (Å²) in [6.45, 7) is 2.69. The van der Waals surface area contributed by atoms with Gasteiger partial charge < -0.3 is 14.5 Å². The van der Waals surface area contributed by atoms with Gasteiger partial charge in [-0.1, -0.05) is 0 Å². The van der Waals surface area contributed by atoms with E-state index in [1.807, 2.05) is 4.90 Å². The Hall–Kier alpha value is -2.97. The predicted octanol–water partition coefficient (Wildman–Crippen LogP) is 2.36. The summed E-state index contributed by atoms with van der Waals surface area (Å²) >= 11 is 0. The van der Waals surface area contributed by atoms with Gasteiger partial charge >= 0.3 is 6.18 Å². The lowest BCUT2D eigenvalue weighted by Gasteiger charge is -2.35. The van der Waals surface area contributed by atoms with E-state index in [0.29, 0.717) is 38.2 Å². The van der Waals surface area contributed by atoms with Gasteiger partial charge in [-0.15, -0.1) is 0 Å². The van der Waals surface area contributed by atoms with Crippen LogP contribution in [0.2, 0.25) is 0 Å². The van der Waals surface area contributed by atoms with Gasteiger partial charge in [-0.05, 0) is 24.3 Å². The van der Waals surface area contributed by atoms with E-state index in [2.05, 4.69) is 4.98 Å². The maximum absolute atomic E-state index is 13.0. The molecule has 0 bridgehead atoms. The lowest BCUT2D eigenvalue weighted by molar-refractivity contribution is -0.384. The Bertz CT molecular complexity index is 1150. The third kappa shape index (κ3) is 4.93. The van der Waals surface area contributed by atoms with Gasteiger partial charge in [0, 0.05) is 51.5 Å². The summed E-state index contributed by atoms with van der Waals surface area (Å²) in [5.41, 5.74) is -1.77. The lowest BCUT2D eigenvalue weighted by Crippen LogP contribution is -2.48. The zero-order chi connectivity index (χ0) is 24.5. The van der Waals surface area contributed by atoms with Crippen LogP contribution >= 0.6 is 0 Å². The first kappa shape index (κ1) is 24.2. The second-order valence-electron chi connectivity index (χ2n) is 7.80. The summed E-state index contributed by atoms with van der Waals surface area (Å²) in [5, 5.41) is 11.4. The first-order valence-corrected chi connectivity index (χ1v) is 11.9. The molecule has 1 aromatic carbocycles. The second-order valence-corrected chi connectivity index (χ2v) is 9.74. The van der Waals surface area contributed by atoms with Crippen molar-refractivity contribution in [3.05, 3.63) is 52.2 Å². The fraction of sp³-hybridized carbons (Fsp3) is 0.450. The molecule has 14 heteroatoms. The number of sulfonamides is 1. The Morgan fingerprint density at radius 1 is 0.971 bits per heavy atom. The Morgan fingerprint density at radius 2 is 1.65 bits per heavy atom. The first-order chi connectivity index (χ1) is 16.1. The van der Waals surface area contributed by atoms with Crippen molar-refractivity contribution in [3.63, 3.8) is 0 Å². The molecule has 2 fully saturated rings. The van der Waals surface area contributed by atoms with Crippen LogP contribution in [0.3, 0.4) is 0 Å². The minimum Gasteiger partial charge on any atom is -0.378 e. The highest BCUT2D eigenvalue weighted by atomic mass is 32.2. The summed E-state index contributed by atoms with van der Waals surface area (Å²) in [6.07, 6.45) is -3.41. The predicted molar refractivity (Wildman–Crippen MR) is 116 cm³/mol. The number of halogens is 3. The number of ether oxygens (including phenoxy) is 1. The number of hydrogen-bond acceptors (Lipinski definition) is 8. The van der Waals surface area contributed by atoms with E-state index in [1.54, 1.807) is 6.07 Å². The maximum atomic E-state index is 13.0. The first-order valence-electron chi connectivity index (χ1n) is 10.5. The molecule has 0 aliphatic carbocycles. The Morgan fingerprint density at radius 3 is 2.21 bits per heavy atom. The van der Waals surface area contributed by atoms with E-state index in [4.69, 9.17) is 4.74 Å². The number of morpholine rings is 1. The van der Waals surface area contributed by atoms with E-state index in [9.17, 15) is 31.7 Å². The molecule has 1 aromatic heterocycles. The molecule has 2 aliphatic rings. The van der Waals surface area contributed by atoms with Crippen molar-refractivity contribution in [2.75, 3.05) is 62.3 Å². The van der Waals surface area contributed by atoms with Crippen LogP contribution in [0.15, 0.2) is 41.4 Å². The fourth-order valence-corrected chi connectivity index (χ4v) is 5.30. The minimum atomic E-state index is -4.71. The zero-order valence-electron chi connectivity index (χ0n) is 17.9. The van der Waals surface area contributed by atoms with Gasteiger partial charge in [0.25, 0.3) is 5.69 Å². The number of alkyl halides is 3. The molecular weight excluding hydrogens is 479 g/mol. The number of nitrogens with zero attached hydrogens (tertiary/aromatic N) is 5. The smallest absolute Gasteiger partial charge is 0.378 e. The molecule has 2 saturated heterocycles. The lowest BCUT2D eigenvalue weighted by atomic mass is 10.1. The molecule has 34 heavy (non-hydrogen) atoms. The van der Waals surface area contributed by atoms with Gasteiger partial charge in [0.15, 0.2) is 0 Å². The van der Waals surface area contributed by atoms with Crippen LogP contribution in [-0.4, -0.2) is 75.1 Å². The number of anilines is 2. The molecule has 0 atom stereocenters. The van der Waals surface area contributed by atoms with Crippen molar-refractivity contribution in [1.82, 2.24) is 9.29 Å². The van der Waals surface area contributed by atoms with Crippen molar-refractivity contribution in [2.24, 2.45) is 0 Å². The number of nitro benzene ring substituents is 1. The number of hydrogen-bond donors (Lipinski definition) is 0. The van der Waals surface area contributed by atoms with Crippen LogP contribution in [0.4, 0.5) is 30.4 Å². The molecule has 4 rings (SSSR count). The summed E-state index contributed by atoms with van der Waals surface area (Å²) in [5.74, 6) is 0.654. The van der Waals surface area contributed by atoms with E-state index < -0.39 is 32.4 Å². The van der Waals surface area contributed by atoms with Crippen LogP contribution < -0.4 is 9.80 Å². The molecule has 2 aliphatic heterocycles. The highest BCUT2D eigenvalue weighted by molar-refractivity contribution is 7.89. The van der Waals surface area contributed by atoms with E-state index in [0.717, 1.165) is 12.1 Å². The number of benzene rings is 1. The van der Waals surface area contributed by atoms with Crippen molar-refractivity contribution in [1.29, 1.82) is 0 Å². The number of nitro groups is 1. The monoisotopic (exact) mass is 501 g/mol. The van der Waals surface area contributed by atoms with Crippen LogP contribution in [0.25, 0.3) is 0 Å². The molecule has 0 radical (unpaired) electrons. The van der Waals surface area contributed by atoms with Gasteiger partial charge in [-0.2, -0.15) is 17.5 Å². The molecule has 0 spiro atoms. The third-order valence-corrected chi connectivity index (χ3v) is 7.65. The minimum absolute atomic E-state index is 0.0196. The number of rotatable bonds is 5. The Kier molecular flexibility index (Phi) is 6.64. The third-order valence-electron chi connectivity index (χ3n) is 5.77. The second kappa shape index (κ2) is 9.35. The van der Waals surface area contributed by atoms with Crippen molar-refractivity contribution in [2.45, 2.75) is 11.1 Å². The van der Waals surface area contributed by atoms with E-state index >= 15 is 0 Å². The molecular formula is C20H22F3N5O5S. The fourth-order valence-electron chi connectivity index (χ4n) is 3.94. The standard InChI is InChI=1S/C20H22F3N5O5S/c21-20(22,23)15-1-3-17(18(13-15)28(29)30)25-5-7-27(8-6-25)34(31,32)16-2-4-19(24-14-16)26-9-11-33-12-10-26/h1-4,13-14H,5-12H2. The Balaban J connectivity index is 1.46. The number of pyridine rings is 1. The average Bonchev–Trinajstić information content (AvgIpc) is 2.84. The molecule has 0 N–H and O–H groups in total. The van der Waals surface area contributed by atoms with Crippen LogP contribution in [0.5, 0.6) is 0 Å². The molecule has 3 heterocycles. The number of piperazine rings is 1. The van der Waals surface area contributed by atoms with Gasteiger partial charge in [-0.3, -0.25) is 10.1 Å². The molecule has 0 saturated carbocycles.